The van der Waals surface area contributed by atoms with Gasteiger partial charge in [-0.1, -0.05) is 67.9 Å². The van der Waals surface area contributed by atoms with Crippen molar-refractivity contribution in [2.75, 3.05) is 20.2 Å². The lowest BCUT2D eigenvalue weighted by Gasteiger charge is -2.37. The van der Waals surface area contributed by atoms with Crippen LogP contribution in [0.3, 0.4) is 0 Å². The van der Waals surface area contributed by atoms with Gasteiger partial charge in [0, 0.05) is 24.2 Å². The average Bonchev–Trinajstić information content (AvgIpc) is 3.12. The first-order valence-corrected chi connectivity index (χ1v) is 9.71. The Morgan fingerprint density at radius 3 is 2.00 bits per heavy atom. The topological polar surface area (TPSA) is 29.5 Å². The predicted octanol–water partition coefficient (Wildman–Crippen LogP) is 5.96. The van der Waals surface area contributed by atoms with E-state index in [0.717, 1.165) is 19.5 Å². The summed E-state index contributed by atoms with van der Waals surface area (Å²) in [6.07, 6.45) is 8.67. The van der Waals surface area contributed by atoms with E-state index in [9.17, 15) is 4.79 Å². The summed E-state index contributed by atoms with van der Waals surface area (Å²) in [5.41, 5.74) is 2.12. The quantitative estimate of drug-likeness (QED) is 0.581. The van der Waals surface area contributed by atoms with Crippen LogP contribution in [-0.2, 0) is 9.53 Å². The Bertz CT molecular complexity index is 389. The van der Waals surface area contributed by atoms with E-state index < -0.39 is 0 Å². The Kier molecular flexibility index (Phi) is 14.7. The molecule has 0 N–H and O–H groups in total. The minimum Gasteiger partial charge on any atom is -0.465 e. The summed E-state index contributed by atoms with van der Waals surface area (Å²) in [5.74, 6) is -0.225. The zero-order valence-electron chi connectivity index (χ0n) is 17.7. The van der Waals surface area contributed by atoms with Crippen molar-refractivity contribution in [1.82, 2.24) is 4.90 Å². The Balaban J connectivity index is 0. The Hall–Kier alpha value is -1.25. The van der Waals surface area contributed by atoms with Gasteiger partial charge in [-0.3, -0.25) is 0 Å². The van der Waals surface area contributed by atoms with Crippen molar-refractivity contribution in [3.63, 3.8) is 0 Å². The number of esters is 1. The molecule has 0 bridgehead atoms. The molecule has 2 rings (SSSR count). The van der Waals surface area contributed by atoms with Crippen molar-refractivity contribution in [3.8, 4) is 0 Å². The monoisotopic (exact) mass is 339 g/mol. The molecular weight excluding hydrogens is 298 g/mol. The maximum atomic E-state index is 11.6. The fraction of sp³-hybridized carbons (Fsp3) is 0.762. The van der Waals surface area contributed by atoms with Gasteiger partial charge in [-0.25, -0.2) is 4.79 Å². The van der Waals surface area contributed by atoms with Gasteiger partial charge in [0.05, 0.1) is 12.7 Å². The molecular formula is C21H41NO2. The maximum absolute atomic E-state index is 11.6. The van der Waals surface area contributed by atoms with Gasteiger partial charge < -0.3 is 9.64 Å². The molecule has 1 aliphatic carbocycles. The van der Waals surface area contributed by atoms with Gasteiger partial charge in [-0.15, -0.1) is 0 Å². The lowest BCUT2D eigenvalue weighted by atomic mass is 9.80. The van der Waals surface area contributed by atoms with Crippen LogP contribution in [0, 0.1) is 5.41 Å². The van der Waals surface area contributed by atoms with Crippen LogP contribution in [0.4, 0.5) is 0 Å². The Morgan fingerprint density at radius 2 is 1.58 bits per heavy atom. The first-order chi connectivity index (χ1) is 11.5. The van der Waals surface area contributed by atoms with Crippen LogP contribution in [-0.4, -0.2) is 31.1 Å². The summed E-state index contributed by atoms with van der Waals surface area (Å²) in [5, 5.41) is 0. The second-order valence-corrected chi connectivity index (χ2v) is 6.17. The predicted molar refractivity (Wildman–Crippen MR) is 106 cm³/mol. The van der Waals surface area contributed by atoms with Crippen molar-refractivity contribution in [2.45, 2.75) is 81.1 Å². The molecule has 1 aliphatic heterocycles. The molecule has 0 radical (unpaired) electrons. The maximum Gasteiger partial charge on any atom is 0.337 e. The molecule has 142 valence electrons. The van der Waals surface area contributed by atoms with E-state index in [-0.39, 0.29) is 11.4 Å². The minimum absolute atomic E-state index is 0.127. The number of hydrogen-bond acceptors (Lipinski definition) is 3. The summed E-state index contributed by atoms with van der Waals surface area (Å²) < 4.78 is 4.80. The first-order valence-electron chi connectivity index (χ1n) is 9.71. The van der Waals surface area contributed by atoms with Gasteiger partial charge in [0.1, 0.15) is 0 Å². The Morgan fingerprint density at radius 1 is 1.12 bits per heavy atom. The highest BCUT2D eigenvalue weighted by molar-refractivity contribution is 5.92. The number of carbonyl (C=O) groups excluding carboxylic acids is 1. The summed E-state index contributed by atoms with van der Waals surface area (Å²) >= 11 is 0. The molecule has 0 amide bonds. The van der Waals surface area contributed by atoms with Gasteiger partial charge in [0.15, 0.2) is 0 Å². The SMILES string of the molecule is CC.CC.CCC.COC(=O)C1=CCC(C)(C)C(N2CCCC2)=C1. The lowest BCUT2D eigenvalue weighted by molar-refractivity contribution is -0.135. The van der Waals surface area contributed by atoms with Crippen LogP contribution in [0.15, 0.2) is 23.4 Å². The lowest BCUT2D eigenvalue weighted by Crippen LogP contribution is -2.32. The van der Waals surface area contributed by atoms with Crippen molar-refractivity contribution in [1.29, 1.82) is 0 Å². The fourth-order valence-corrected chi connectivity index (χ4v) is 2.61. The zero-order chi connectivity index (χ0) is 19.2. The van der Waals surface area contributed by atoms with Crippen molar-refractivity contribution in [3.05, 3.63) is 23.4 Å². The molecule has 0 aromatic heterocycles. The normalized spacial score (nSPS) is 17.6. The summed E-state index contributed by atoms with van der Waals surface area (Å²) in [6.45, 7) is 19.0. The van der Waals surface area contributed by atoms with E-state index in [4.69, 9.17) is 4.74 Å². The molecule has 1 fully saturated rings. The number of ether oxygens (including phenoxy) is 1. The van der Waals surface area contributed by atoms with Crippen LogP contribution in [0.2, 0.25) is 0 Å². The second kappa shape index (κ2) is 14.1. The number of carbonyl (C=O) groups is 1. The van der Waals surface area contributed by atoms with E-state index in [1.807, 2.05) is 39.8 Å². The van der Waals surface area contributed by atoms with Crippen LogP contribution >= 0.6 is 0 Å². The van der Waals surface area contributed by atoms with Gasteiger partial charge in [0.25, 0.3) is 0 Å². The molecule has 2 aliphatic rings. The molecule has 1 saturated heterocycles. The number of rotatable bonds is 2. The van der Waals surface area contributed by atoms with Gasteiger partial charge in [-0.2, -0.15) is 0 Å². The molecule has 0 saturated carbocycles. The number of methoxy groups -OCH3 is 1. The van der Waals surface area contributed by atoms with E-state index in [2.05, 4.69) is 32.6 Å². The van der Waals surface area contributed by atoms with Gasteiger partial charge in [0.2, 0.25) is 0 Å². The van der Waals surface area contributed by atoms with Gasteiger partial charge in [-0.05, 0) is 25.3 Å². The number of allylic oxidation sites excluding steroid dienone is 2. The average molecular weight is 340 g/mol. The highest BCUT2D eigenvalue weighted by atomic mass is 16.5. The van der Waals surface area contributed by atoms with Crippen LogP contribution in [0.5, 0.6) is 0 Å². The standard InChI is InChI=1S/C14H21NO2.C3H8.2C2H6/c1-14(2)7-6-11(13(16)17-3)10-12(14)15-8-4-5-9-15;1-3-2;2*1-2/h6,10H,4-5,7-9H2,1-3H3;3H2,1-2H3;2*1-2H3. The zero-order valence-corrected chi connectivity index (χ0v) is 17.7. The highest BCUT2D eigenvalue weighted by Gasteiger charge is 2.32. The first kappa shape index (κ1) is 25.0. The molecule has 1 heterocycles. The molecule has 0 atom stereocenters. The second-order valence-electron chi connectivity index (χ2n) is 6.17. The largest absolute Gasteiger partial charge is 0.465 e. The van der Waals surface area contributed by atoms with Crippen molar-refractivity contribution in [2.24, 2.45) is 5.41 Å². The number of likely N-dealkylation sites (tertiary alicyclic amines) is 1. The van der Waals surface area contributed by atoms with Crippen LogP contribution in [0.25, 0.3) is 0 Å². The van der Waals surface area contributed by atoms with Crippen LogP contribution in [0.1, 0.15) is 81.1 Å². The van der Waals surface area contributed by atoms with Gasteiger partial charge >= 0.3 is 5.97 Å². The highest BCUT2D eigenvalue weighted by Crippen LogP contribution is 2.39. The van der Waals surface area contributed by atoms with Crippen LogP contribution < -0.4 is 0 Å². The molecule has 3 heteroatoms. The molecule has 3 nitrogen and oxygen atoms in total. The molecule has 0 aromatic rings. The summed E-state index contributed by atoms with van der Waals surface area (Å²) in [7, 11) is 1.44. The number of hydrogen-bond donors (Lipinski definition) is 0. The molecule has 0 unspecified atom stereocenters. The summed E-state index contributed by atoms with van der Waals surface area (Å²) in [4.78, 5) is 14.0. The van der Waals surface area contributed by atoms with E-state index in [1.165, 1.54) is 32.1 Å². The molecule has 0 aromatic carbocycles. The fourth-order valence-electron chi connectivity index (χ4n) is 2.61. The third-order valence-electron chi connectivity index (χ3n) is 3.69. The molecule has 24 heavy (non-hydrogen) atoms. The van der Waals surface area contributed by atoms with E-state index in [0.29, 0.717) is 5.57 Å². The smallest absolute Gasteiger partial charge is 0.337 e. The van der Waals surface area contributed by atoms with Crippen molar-refractivity contribution < 1.29 is 9.53 Å². The number of nitrogens with zero attached hydrogens (tertiary/aromatic N) is 1. The van der Waals surface area contributed by atoms with E-state index in [1.54, 1.807) is 0 Å². The summed E-state index contributed by atoms with van der Waals surface area (Å²) in [6, 6.07) is 0. The van der Waals surface area contributed by atoms with E-state index >= 15 is 0 Å². The van der Waals surface area contributed by atoms with Crippen molar-refractivity contribution >= 4 is 5.97 Å². The Labute approximate surface area is 151 Å². The third-order valence-corrected chi connectivity index (χ3v) is 3.69. The molecule has 0 spiro atoms. The third kappa shape index (κ3) is 8.03. The minimum atomic E-state index is -0.225.